The van der Waals surface area contributed by atoms with Crippen molar-refractivity contribution in [2.24, 2.45) is 0 Å². The Labute approximate surface area is 69.7 Å². The molecule has 0 radical (unpaired) electrons. The molecule has 0 spiro atoms. The van der Waals surface area contributed by atoms with Crippen LogP contribution in [0.2, 0.25) is 0 Å². The van der Waals surface area contributed by atoms with Crippen molar-refractivity contribution in [3.63, 3.8) is 0 Å². The third-order valence-corrected chi connectivity index (χ3v) is 1.38. The van der Waals surface area contributed by atoms with E-state index in [0.29, 0.717) is 0 Å². The van der Waals surface area contributed by atoms with E-state index in [1.165, 1.54) is 19.1 Å². The number of rotatable bonds is 3. The molecule has 0 unspecified atom stereocenters. The van der Waals surface area contributed by atoms with Gasteiger partial charge in [0.25, 0.3) is 0 Å². The zero-order valence-corrected chi connectivity index (χ0v) is 6.66. The van der Waals surface area contributed by atoms with Gasteiger partial charge < -0.3 is 4.42 Å². The van der Waals surface area contributed by atoms with Crippen LogP contribution in [-0.4, -0.2) is 11.6 Å². The average Bonchev–Trinajstić information content (AvgIpc) is 2.51. The van der Waals surface area contributed by atoms with Gasteiger partial charge in [-0.15, -0.1) is 0 Å². The summed E-state index contributed by atoms with van der Waals surface area (Å²) in [5.41, 5.74) is 0. The first-order chi connectivity index (χ1) is 5.65. The van der Waals surface area contributed by atoms with E-state index in [0.717, 1.165) is 6.08 Å². The van der Waals surface area contributed by atoms with Gasteiger partial charge in [0.2, 0.25) is 5.78 Å². The van der Waals surface area contributed by atoms with Crippen molar-refractivity contribution in [1.29, 1.82) is 0 Å². The number of carbonyl (C=O) groups excluding carboxylic acids is 2. The average molecular weight is 164 g/mol. The van der Waals surface area contributed by atoms with Crippen molar-refractivity contribution in [3.8, 4) is 0 Å². The highest BCUT2D eigenvalue weighted by Gasteiger charge is 2.09. The summed E-state index contributed by atoms with van der Waals surface area (Å²) in [5.74, 6) is -0.170. The van der Waals surface area contributed by atoms with E-state index >= 15 is 0 Å². The lowest BCUT2D eigenvalue weighted by atomic mass is 10.3. The molecule has 3 nitrogen and oxygen atoms in total. The predicted molar refractivity (Wildman–Crippen MR) is 43.2 cm³/mol. The maximum absolute atomic E-state index is 10.9. The lowest BCUT2D eigenvalue weighted by molar-refractivity contribution is 0.0975. The Hall–Kier alpha value is -1.64. The molecule has 0 aliphatic rings. The molecule has 62 valence electrons. The van der Waals surface area contributed by atoms with Crippen molar-refractivity contribution in [2.45, 2.75) is 6.92 Å². The van der Waals surface area contributed by atoms with Gasteiger partial charge in [0.1, 0.15) is 0 Å². The Balaban J connectivity index is 2.99. The Morgan fingerprint density at radius 3 is 2.42 bits per heavy atom. The highest BCUT2D eigenvalue weighted by atomic mass is 16.4. The fourth-order valence-electron chi connectivity index (χ4n) is 0.760. The monoisotopic (exact) mass is 164 g/mol. The van der Waals surface area contributed by atoms with Crippen LogP contribution in [-0.2, 0) is 0 Å². The second-order valence-electron chi connectivity index (χ2n) is 2.29. The van der Waals surface area contributed by atoms with E-state index in [4.69, 9.17) is 4.42 Å². The highest BCUT2D eigenvalue weighted by molar-refractivity contribution is 6.03. The Morgan fingerprint density at radius 2 is 2.00 bits per heavy atom. The molecule has 0 saturated carbocycles. The first-order valence-electron chi connectivity index (χ1n) is 3.42. The molecule has 0 bridgehead atoms. The van der Waals surface area contributed by atoms with E-state index < -0.39 is 0 Å². The molecule has 3 heteroatoms. The zero-order chi connectivity index (χ0) is 9.14. The first kappa shape index (κ1) is 8.46. The maximum Gasteiger partial charge on any atom is 0.220 e. The van der Waals surface area contributed by atoms with Gasteiger partial charge in [0.05, 0.1) is 0 Å². The Morgan fingerprint density at radius 1 is 1.42 bits per heavy atom. The summed E-state index contributed by atoms with van der Waals surface area (Å²) in [6, 6.07) is 2.93. The summed E-state index contributed by atoms with van der Waals surface area (Å²) in [6.45, 7) is 4.67. The number of furan rings is 1. The topological polar surface area (TPSA) is 47.3 Å². The van der Waals surface area contributed by atoms with E-state index in [-0.39, 0.29) is 23.1 Å². The van der Waals surface area contributed by atoms with E-state index in [2.05, 4.69) is 6.58 Å². The van der Waals surface area contributed by atoms with Crippen molar-refractivity contribution in [1.82, 2.24) is 0 Å². The van der Waals surface area contributed by atoms with Gasteiger partial charge in [-0.2, -0.15) is 0 Å². The number of ketones is 2. The summed E-state index contributed by atoms with van der Waals surface area (Å²) in [7, 11) is 0. The van der Waals surface area contributed by atoms with Gasteiger partial charge in [-0.3, -0.25) is 9.59 Å². The fraction of sp³-hybridized carbons (Fsp3) is 0.111. The van der Waals surface area contributed by atoms with Crippen LogP contribution in [0.5, 0.6) is 0 Å². The number of hydrogen-bond acceptors (Lipinski definition) is 3. The van der Waals surface area contributed by atoms with Crippen molar-refractivity contribution in [2.75, 3.05) is 0 Å². The predicted octanol–water partition coefficient (Wildman–Crippen LogP) is 1.85. The molecule has 0 aromatic carbocycles. The van der Waals surface area contributed by atoms with Crippen LogP contribution in [0.4, 0.5) is 0 Å². The molecule has 12 heavy (non-hydrogen) atoms. The molecule has 0 aliphatic carbocycles. The first-order valence-corrected chi connectivity index (χ1v) is 3.42. The molecule has 0 N–H and O–H groups in total. The van der Waals surface area contributed by atoms with Crippen LogP contribution in [0.3, 0.4) is 0 Å². The minimum atomic E-state index is -0.317. The molecule has 0 aliphatic heterocycles. The summed E-state index contributed by atoms with van der Waals surface area (Å²) in [4.78, 5) is 21.7. The third-order valence-electron chi connectivity index (χ3n) is 1.38. The van der Waals surface area contributed by atoms with Gasteiger partial charge in [-0.05, 0) is 18.2 Å². The van der Waals surface area contributed by atoms with Crippen LogP contribution in [0.15, 0.2) is 29.2 Å². The van der Waals surface area contributed by atoms with Crippen molar-refractivity contribution in [3.05, 3.63) is 36.3 Å². The second kappa shape index (κ2) is 3.17. The maximum atomic E-state index is 10.9. The van der Waals surface area contributed by atoms with Gasteiger partial charge in [-0.25, -0.2) is 0 Å². The Kier molecular flexibility index (Phi) is 2.24. The van der Waals surface area contributed by atoms with Crippen LogP contribution in [0, 0.1) is 0 Å². The summed E-state index contributed by atoms with van der Waals surface area (Å²) >= 11 is 0. The van der Waals surface area contributed by atoms with E-state index in [9.17, 15) is 9.59 Å². The summed E-state index contributed by atoms with van der Waals surface area (Å²) in [5, 5.41) is 0. The van der Waals surface area contributed by atoms with Crippen LogP contribution in [0.1, 0.15) is 28.0 Å². The van der Waals surface area contributed by atoms with Crippen molar-refractivity contribution >= 4 is 11.6 Å². The standard InChI is InChI=1S/C9H8O3/c1-3-7(11)9-5-4-8(12-9)6(2)10/h3-5H,1H2,2H3. The molecule has 1 aromatic rings. The number of carbonyl (C=O) groups is 2. The van der Waals surface area contributed by atoms with Gasteiger partial charge in [0.15, 0.2) is 17.3 Å². The third kappa shape index (κ3) is 1.50. The van der Waals surface area contributed by atoms with Crippen LogP contribution >= 0.6 is 0 Å². The quantitative estimate of drug-likeness (QED) is 0.506. The number of allylic oxidation sites excluding steroid dienone is 1. The highest BCUT2D eigenvalue weighted by Crippen LogP contribution is 2.09. The molecule has 0 atom stereocenters. The minimum Gasteiger partial charge on any atom is -0.450 e. The SMILES string of the molecule is C=CC(=O)c1ccc(C(C)=O)o1. The molecule has 1 aromatic heterocycles. The van der Waals surface area contributed by atoms with Gasteiger partial charge in [-0.1, -0.05) is 6.58 Å². The molecular formula is C9H8O3. The van der Waals surface area contributed by atoms with Gasteiger partial charge in [0, 0.05) is 6.92 Å². The summed E-state index contributed by atoms with van der Waals surface area (Å²) in [6.07, 6.45) is 1.14. The molecular weight excluding hydrogens is 156 g/mol. The molecule has 0 fully saturated rings. The molecule has 0 amide bonds. The number of Topliss-reactive ketones (excluding diaryl/α,β-unsaturated/α-hetero) is 1. The zero-order valence-electron chi connectivity index (χ0n) is 6.66. The molecule has 1 heterocycles. The number of hydrogen-bond donors (Lipinski definition) is 0. The molecule has 1 rings (SSSR count). The summed E-state index contributed by atoms with van der Waals surface area (Å²) < 4.78 is 4.93. The Bertz CT molecular complexity index is 333. The minimum absolute atomic E-state index is 0.148. The van der Waals surface area contributed by atoms with Crippen LogP contribution in [0.25, 0.3) is 0 Å². The smallest absolute Gasteiger partial charge is 0.220 e. The normalized spacial score (nSPS) is 9.42. The fourth-order valence-corrected chi connectivity index (χ4v) is 0.760. The van der Waals surface area contributed by atoms with Crippen molar-refractivity contribution < 1.29 is 14.0 Å². The van der Waals surface area contributed by atoms with E-state index in [1.807, 2.05) is 0 Å². The second-order valence-corrected chi connectivity index (χ2v) is 2.29. The largest absolute Gasteiger partial charge is 0.450 e. The van der Waals surface area contributed by atoms with E-state index in [1.54, 1.807) is 0 Å². The lowest BCUT2D eigenvalue weighted by Crippen LogP contribution is -1.91. The van der Waals surface area contributed by atoms with Gasteiger partial charge >= 0.3 is 0 Å². The molecule has 0 saturated heterocycles. The van der Waals surface area contributed by atoms with Crippen LogP contribution < -0.4 is 0 Å². The lowest BCUT2D eigenvalue weighted by Gasteiger charge is -1.87.